The minimum absolute atomic E-state index is 0.00138. The van der Waals surface area contributed by atoms with Gasteiger partial charge in [-0.25, -0.2) is 0 Å². The molecule has 3 nitrogen and oxygen atoms in total. The minimum atomic E-state index is -0.00138. The molecular formula is C17H20ClNO2. The molecule has 0 bridgehead atoms. The fourth-order valence-electron chi connectivity index (χ4n) is 2.48. The van der Waals surface area contributed by atoms with Crippen molar-refractivity contribution >= 4 is 11.6 Å². The Labute approximate surface area is 130 Å². The standard InChI is InChI=1S/C17H20ClNO2/c1-11-7-5-6-8-12(11)17(19-2)13-9-15(20-3)16(21-4)10-14(13)18/h5-10,17,19H,1-4H3. The molecule has 0 amide bonds. The summed E-state index contributed by atoms with van der Waals surface area (Å²) in [6.07, 6.45) is 0. The maximum Gasteiger partial charge on any atom is 0.162 e. The van der Waals surface area contributed by atoms with Crippen LogP contribution in [0.5, 0.6) is 11.5 Å². The van der Waals surface area contributed by atoms with Gasteiger partial charge in [-0.3, -0.25) is 0 Å². The maximum atomic E-state index is 6.44. The molecule has 4 heteroatoms. The summed E-state index contributed by atoms with van der Waals surface area (Å²) in [5.74, 6) is 1.30. The number of halogens is 1. The molecule has 21 heavy (non-hydrogen) atoms. The first-order valence-electron chi connectivity index (χ1n) is 6.76. The van der Waals surface area contributed by atoms with E-state index < -0.39 is 0 Å². The van der Waals surface area contributed by atoms with E-state index in [1.54, 1.807) is 20.3 Å². The van der Waals surface area contributed by atoms with Gasteiger partial charge >= 0.3 is 0 Å². The first-order chi connectivity index (χ1) is 10.1. The van der Waals surface area contributed by atoms with Gasteiger partial charge in [0.2, 0.25) is 0 Å². The first-order valence-corrected chi connectivity index (χ1v) is 7.14. The summed E-state index contributed by atoms with van der Waals surface area (Å²) >= 11 is 6.44. The molecule has 1 N–H and O–H groups in total. The van der Waals surface area contributed by atoms with Crippen LogP contribution in [0.1, 0.15) is 22.7 Å². The highest BCUT2D eigenvalue weighted by Crippen LogP contribution is 2.38. The number of methoxy groups -OCH3 is 2. The van der Waals surface area contributed by atoms with Crippen LogP contribution in [0, 0.1) is 6.92 Å². The van der Waals surface area contributed by atoms with Crippen molar-refractivity contribution in [1.29, 1.82) is 0 Å². The summed E-state index contributed by atoms with van der Waals surface area (Å²) in [4.78, 5) is 0. The van der Waals surface area contributed by atoms with Crippen LogP contribution in [0.2, 0.25) is 5.02 Å². The maximum absolute atomic E-state index is 6.44. The van der Waals surface area contributed by atoms with E-state index in [1.807, 2.05) is 25.2 Å². The van der Waals surface area contributed by atoms with Gasteiger partial charge in [0, 0.05) is 11.1 Å². The van der Waals surface area contributed by atoms with E-state index >= 15 is 0 Å². The van der Waals surface area contributed by atoms with Crippen LogP contribution in [-0.4, -0.2) is 21.3 Å². The number of hydrogen-bond acceptors (Lipinski definition) is 3. The van der Waals surface area contributed by atoms with E-state index in [0.29, 0.717) is 16.5 Å². The van der Waals surface area contributed by atoms with Gasteiger partial charge < -0.3 is 14.8 Å². The Morgan fingerprint density at radius 1 is 1.00 bits per heavy atom. The lowest BCUT2D eigenvalue weighted by atomic mass is 9.95. The summed E-state index contributed by atoms with van der Waals surface area (Å²) in [5, 5.41) is 3.97. The summed E-state index contributed by atoms with van der Waals surface area (Å²) < 4.78 is 10.7. The molecule has 0 aromatic heterocycles. The Morgan fingerprint density at radius 2 is 1.62 bits per heavy atom. The number of aryl methyl sites for hydroxylation is 1. The van der Waals surface area contributed by atoms with Crippen LogP contribution in [-0.2, 0) is 0 Å². The third kappa shape index (κ3) is 3.14. The molecule has 0 aliphatic rings. The highest BCUT2D eigenvalue weighted by molar-refractivity contribution is 6.31. The molecule has 0 aliphatic carbocycles. The third-order valence-corrected chi connectivity index (χ3v) is 3.93. The molecule has 1 atom stereocenters. The number of rotatable bonds is 5. The molecule has 0 spiro atoms. The zero-order chi connectivity index (χ0) is 15.4. The van der Waals surface area contributed by atoms with Gasteiger partial charge in [-0.2, -0.15) is 0 Å². The van der Waals surface area contributed by atoms with E-state index in [-0.39, 0.29) is 6.04 Å². The van der Waals surface area contributed by atoms with Crippen LogP contribution in [0.15, 0.2) is 36.4 Å². The molecule has 0 radical (unpaired) electrons. The molecule has 0 heterocycles. The first kappa shape index (κ1) is 15.7. The second-order valence-corrected chi connectivity index (χ2v) is 5.21. The molecule has 0 saturated heterocycles. The molecule has 2 aromatic carbocycles. The van der Waals surface area contributed by atoms with Crippen LogP contribution >= 0.6 is 11.6 Å². The SMILES string of the molecule is CNC(c1ccccc1C)c1cc(OC)c(OC)cc1Cl. The molecule has 0 saturated carbocycles. The van der Waals surface area contributed by atoms with Crippen molar-refractivity contribution in [2.75, 3.05) is 21.3 Å². The van der Waals surface area contributed by atoms with Crippen molar-refractivity contribution in [3.05, 3.63) is 58.1 Å². The lowest BCUT2D eigenvalue weighted by Gasteiger charge is -2.22. The topological polar surface area (TPSA) is 30.5 Å². The van der Waals surface area contributed by atoms with Crippen molar-refractivity contribution in [2.45, 2.75) is 13.0 Å². The summed E-state index contributed by atoms with van der Waals surface area (Å²) in [6.45, 7) is 2.09. The van der Waals surface area contributed by atoms with Crippen LogP contribution in [0.3, 0.4) is 0 Å². The summed E-state index contributed by atoms with van der Waals surface area (Å²) in [6, 6.07) is 12.0. The monoisotopic (exact) mass is 305 g/mol. The number of hydrogen-bond donors (Lipinski definition) is 1. The average Bonchev–Trinajstić information content (AvgIpc) is 2.50. The number of nitrogens with one attached hydrogen (secondary N) is 1. The van der Waals surface area contributed by atoms with E-state index in [1.165, 1.54) is 11.1 Å². The Kier molecular flexibility index (Phi) is 5.10. The Balaban J connectivity index is 2.55. The smallest absolute Gasteiger partial charge is 0.162 e. The lowest BCUT2D eigenvalue weighted by Crippen LogP contribution is -2.19. The van der Waals surface area contributed by atoms with Gasteiger partial charge in [-0.15, -0.1) is 0 Å². The van der Waals surface area contributed by atoms with Gasteiger partial charge in [-0.1, -0.05) is 35.9 Å². The van der Waals surface area contributed by atoms with Crippen molar-refractivity contribution in [2.24, 2.45) is 0 Å². The van der Waals surface area contributed by atoms with Crippen molar-refractivity contribution in [3.63, 3.8) is 0 Å². The number of ether oxygens (including phenoxy) is 2. The molecule has 2 rings (SSSR count). The molecule has 0 aliphatic heterocycles. The van der Waals surface area contributed by atoms with Gasteiger partial charge in [-0.05, 0) is 36.7 Å². The second kappa shape index (κ2) is 6.83. The van der Waals surface area contributed by atoms with Gasteiger partial charge in [0.05, 0.1) is 20.3 Å². The Bertz CT molecular complexity index is 628. The normalized spacial score (nSPS) is 12.0. The largest absolute Gasteiger partial charge is 0.493 e. The molecule has 0 fully saturated rings. The zero-order valence-electron chi connectivity index (χ0n) is 12.7. The van der Waals surface area contributed by atoms with Crippen molar-refractivity contribution < 1.29 is 9.47 Å². The Hall–Kier alpha value is -1.71. The van der Waals surface area contributed by atoms with Crippen LogP contribution in [0.25, 0.3) is 0 Å². The van der Waals surface area contributed by atoms with E-state index in [0.717, 1.165) is 5.56 Å². The predicted octanol–water partition coefficient (Wildman–Crippen LogP) is 3.97. The Morgan fingerprint density at radius 3 is 2.19 bits per heavy atom. The molecule has 1 unspecified atom stereocenters. The van der Waals surface area contributed by atoms with Gasteiger partial charge in [0.15, 0.2) is 11.5 Å². The van der Waals surface area contributed by atoms with Gasteiger partial charge in [0.1, 0.15) is 0 Å². The van der Waals surface area contributed by atoms with Gasteiger partial charge in [0.25, 0.3) is 0 Å². The molecule has 112 valence electrons. The third-order valence-electron chi connectivity index (χ3n) is 3.60. The number of benzene rings is 2. The minimum Gasteiger partial charge on any atom is -0.493 e. The predicted molar refractivity (Wildman–Crippen MR) is 86.6 cm³/mol. The highest BCUT2D eigenvalue weighted by Gasteiger charge is 2.19. The highest BCUT2D eigenvalue weighted by atomic mass is 35.5. The average molecular weight is 306 g/mol. The summed E-state index contributed by atoms with van der Waals surface area (Å²) in [7, 11) is 5.15. The second-order valence-electron chi connectivity index (χ2n) is 4.81. The zero-order valence-corrected chi connectivity index (χ0v) is 13.5. The van der Waals surface area contributed by atoms with Crippen LogP contribution < -0.4 is 14.8 Å². The van der Waals surface area contributed by atoms with E-state index in [2.05, 4.69) is 24.4 Å². The van der Waals surface area contributed by atoms with E-state index in [9.17, 15) is 0 Å². The summed E-state index contributed by atoms with van der Waals surface area (Å²) in [5.41, 5.74) is 3.36. The lowest BCUT2D eigenvalue weighted by molar-refractivity contribution is 0.354. The van der Waals surface area contributed by atoms with Crippen molar-refractivity contribution in [1.82, 2.24) is 5.32 Å². The quantitative estimate of drug-likeness (QED) is 0.906. The fourth-order valence-corrected chi connectivity index (χ4v) is 2.74. The molecular weight excluding hydrogens is 286 g/mol. The van der Waals surface area contributed by atoms with Crippen LogP contribution in [0.4, 0.5) is 0 Å². The van der Waals surface area contributed by atoms with Crippen molar-refractivity contribution in [3.8, 4) is 11.5 Å². The van der Waals surface area contributed by atoms with E-state index in [4.69, 9.17) is 21.1 Å². The molecule has 2 aromatic rings. The fraction of sp³-hybridized carbons (Fsp3) is 0.294.